The fourth-order valence-electron chi connectivity index (χ4n) is 2.68. The molecular weight excluding hydrogens is 435 g/mol. The van der Waals surface area contributed by atoms with E-state index in [-0.39, 0.29) is 24.0 Å². The van der Waals surface area contributed by atoms with Crippen LogP contribution in [0.5, 0.6) is 0 Å². The van der Waals surface area contributed by atoms with Gasteiger partial charge in [-0.2, -0.15) is 4.98 Å². The van der Waals surface area contributed by atoms with Crippen LogP contribution < -0.4 is 10.6 Å². The summed E-state index contributed by atoms with van der Waals surface area (Å²) >= 11 is 0. The topological polar surface area (TPSA) is 87.8 Å². The molecule has 2 N–H and O–H groups in total. The normalized spacial score (nSPS) is 16.8. The van der Waals surface area contributed by atoms with Gasteiger partial charge >= 0.3 is 0 Å². The van der Waals surface area contributed by atoms with Gasteiger partial charge in [0.2, 0.25) is 5.89 Å². The summed E-state index contributed by atoms with van der Waals surface area (Å²) in [5, 5.41) is 10.6. The Kier molecular flexibility index (Phi) is 10.3. The Hall–Kier alpha value is -0.940. The largest absolute Gasteiger partial charge is 0.377 e. The molecule has 1 aliphatic heterocycles. The van der Waals surface area contributed by atoms with Crippen LogP contribution in [0, 0.1) is 6.92 Å². The van der Waals surface area contributed by atoms with Crippen molar-refractivity contribution >= 4 is 29.9 Å². The molecule has 0 unspecified atom stereocenters. The Balaban J connectivity index is 0.00000312. The summed E-state index contributed by atoms with van der Waals surface area (Å²) in [6.07, 6.45) is 2.51. The second-order valence-corrected chi connectivity index (χ2v) is 6.34. The molecule has 1 aromatic heterocycles. The van der Waals surface area contributed by atoms with E-state index in [4.69, 9.17) is 9.26 Å². The predicted molar refractivity (Wildman–Crippen MR) is 108 cm³/mol. The highest BCUT2D eigenvalue weighted by molar-refractivity contribution is 14.0. The van der Waals surface area contributed by atoms with Crippen molar-refractivity contribution < 1.29 is 9.26 Å². The lowest BCUT2D eigenvalue weighted by Gasteiger charge is -2.33. The summed E-state index contributed by atoms with van der Waals surface area (Å²) in [6.45, 7) is 10.4. The van der Waals surface area contributed by atoms with Crippen LogP contribution in [0.15, 0.2) is 9.52 Å². The first-order valence-electron chi connectivity index (χ1n) is 8.67. The van der Waals surface area contributed by atoms with Gasteiger partial charge in [-0.25, -0.2) is 0 Å². The van der Waals surface area contributed by atoms with Crippen LogP contribution >= 0.6 is 24.0 Å². The molecular formula is C16H31IN6O2. The van der Waals surface area contributed by atoms with Gasteiger partial charge in [0.1, 0.15) is 0 Å². The lowest BCUT2D eigenvalue weighted by Crippen LogP contribution is -2.49. The van der Waals surface area contributed by atoms with E-state index in [1.165, 1.54) is 0 Å². The van der Waals surface area contributed by atoms with Gasteiger partial charge in [0.15, 0.2) is 11.8 Å². The van der Waals surface area contributed by atoms with Crippen molar-refractivity contribution in [3.05, 3.63) is 11.7 Å². The van der Waals surface area contributed by atoms with Crippen LogP contribution in [0.25, 0.3) is 0 Å². The van der Waals surface area contributed by atoms with Gasteiger partial charge in [-0.1, -0.05) is 5.16 Å². The van der Waals surface area contributed by atoms with E-state index in [1.54, 1.807) is 14.0 Å². The predicted octanol–water partition coefficient (Wildman–Crippen LogP) is 1.55. The van der Waals surface area contributed by atoms with Crippen LogP contribution in [0.3, 0.4) is 0 Å². The molecule has 8 nitrogen and oxygen atoms in total. The number of hydrogen-bond acceptors (Lipinski definition) is 6. The zero-order valence-electron chi connectivity index (χ0n) is 15.6. The minimum absolute atomic E-state index is 0. The summed E-state index contributed by atoms with van der Waals surface area (Å²) < 4.78 is 10.6. The third-order valence-electron chi connectivity index (χ3n) is 3.99. The summed E-state index contributed by atoms with van der Waals surface area (Å²) in [7, 11) is 1.77. The lowest BCUT2D eigenvalue weighted by atomic mass is 10.1. The second kappa shape index (κ2) is 11.6. The van der Waals surface area contributed by atoms with E-state index < -0.39 is 0 Å². The SMILES string of the molecule is CN=C(NCc1noc(C)n1)NC1CCN(CCOC(C)C)CC1.I. The summed E-state index contributed by atoms with van der Waals surface area (Å²) in [4.78, 5) is 10.9. The van der Waals surface area contributed by atoms with Gasteiger partial charge in [0.25, 0.3) is 0 Å². The maximum Gasteiger partial charge on any atom is 0.223 e. The third-order valence-corrected chi connectivity index (χ3v) is 3.99. The second-order valence-electron chi connectivity index (χ2n) is 6.34. The highest BCUT2D eigenvalue weighted by Crippen LogP contribution is 2.10. The fraction of sp³-hybridized carbons (Fsp3) is 0.812. The highest BCUT2D eigenvalue weighted by Gasteiger charge is 2.19. The minimum atomic E-state index is 0. The highest BCUT2D eigenvalue weighted by atomic mass is 127. The summed E-state index contributed by atoms with van der Waals surface area (Å²) in [5.74, 6) is 1.98. The van der Waals surface area contributed by atoms with Crippen molar-refractivity contribution in [2.24, 2.45) is 4.99 Å². The van der Waals surface area contributed by atoms with E-state index in [9.17, 15) is 0 Å². The van der Waals surface area contributed by atoms with E-state index >= 15 is 0 Å². The van der Waals surface area contributed by atoms with Crippen LogP contribution in [-0.4, -0.2) is 66.4 Å². The molecule has 0 radical (unpaired) electrons. The number of aliphatic imine (C=N–C) groups is 1. The average molecular weight is 466 g/mol. The van der Waals surface area contributed by atoms with Gasteiger partial charge in [-0.3, -0.25) is 4.99 Å². The number of halogens is 1. The molecule has 9 heteroatoms. The number of rotatable bonds is 7. The van der Waals surface area contributed by atoms with Crippen molar-refractivity contribution in [1.29, 1.82) is 0 Å². The van der Waals surface area contributed by atoms with Gasteiger partial charge in [-0.05, 0) is 26.7 Å². The van der Waals surface area contributed by atoms with E-state index in [1.807, 2.05) is 0 Å². The first-order valence-corrected chi connectivity index (χ1v) is 8.67. The Bertz CT molecular complexity index is 514. The lowest BCUT2D eigenvalue weighted by molar-refractivity contribution is 0.0532. The smallest absolute Gasteiger partial charge is 0.223 e. The molecule has 2 rings (SSSR count). The number of guanidine groups is 1. The molecule has 0 saturated carbocycles. The molecule has 1 aromatic rings. The van der Waals surface area contributed by atoms with Gasteiger partial charge in [0.05, 0.1) is 19.3 Å². The van der Waals surface area contributed by atoms with Crippen LogP contribution in [-0.2, 0) is 11.3 Å². The Labute approximate surface area is 167 Å². The quantitative estimate of drug-likeness (QED) is 0.358. The standard InChI is InChI=1S/C16H30N6O2.HI/c1-12(2)23-10-9-22-7-5-14(6-8-22)20-16(17-4)18-11-15-19-13(3)24-21-15;/h12,14H,5-11H2,1-4H3,(H2,17,18,20);1H. The monoisotopic (exact) mass is 466 g/mol. The van der Waals surface area contributed by atoms with Gasteiger partial charge in [-0.15, -0.1) is 24.0 Å². The zero-order valence-corrected chi connectivity index (χ0v) is 17.9. The number of ether oxygens (including phenoxy) is 1. The molecule has 0 amide bonds. The first-order chi connectivity index (χ1) is 11.6. The van der Waals surface area contributed by atoms with E-state index in [0.717, 1.165) is 45.0 Å². The number of likely N-dealkylation sites (tertiary alicyclic amines) is 1. The molecule has 2 heterocycles. The Morgan fingerprint density at radius 3 is 2.68 bits per heavy atom. The molecule has 1 aliphatic rings. The van der Waals surface area contributed by atoms with Crippen molar-refractivity contribution in [2.75, 3.05) is 33.3 Å². The minimum Gasteiger partial charge on any atom is -0.377 e. The Morgan fingerprint density at radius 2 is 2.12 bits per heavy atom. The molecule has 0 spiro atoms. The van der Waals surface area contributed by atoms with Crippen LogP contribution in [0.4, 0.5) is 0 Å². The van der Waals surface area contributed by atoms with E-state index in [0.29, 0.717) is 30.4 Å². The summed E-state index contributed by atoms with van der Waals surface area (Å²) in [5.41, 5.74) is 0. The Morgan fingerprint density at radius 1 is 1.40 bits per heavy atom. The molecule has 0 atom stereocenters. The zero-order chi connectivity index (χ0) is 17.4. The van der Waals surface area contributed by atoms with Crippen molar-refractivity contribution in [1.82, 2.24) is 25.7 Å². The van der Waals surface area contributed by atoms with Crippen molar-refractivity contribution in [3.8, 4) is 0 Å². The van der Waals surface area contributed by atoms with E-state index in [2.05, 4.69) is 44.5 Å². The van der Waals surface area contributed by atoms with Crippen molar-refractivity contribution in [2.45, 2.75) is 52.3 Å². The van der Waals surface area contributed by atoms with Crippen LogP contribution in [0.2, 0.25) is 0 Å². The number of aromatic nitrogens is 2. The molecule has 1 fully saturated rings. The maximum atomic E-state index is 5.62. The average Bonchev–Trinajstić information content (AvgIpc) is 2.98. The summed E-state index contributed by atoms with van der Waals surface area (Å²) in [6, 6.07) is 0.436. The van der Waals surface area contributed by atoms with Crippen molar-refractivity contribution in [3.63, 3.8) is 0 Å². The molecule has 25 heavy (non-hydrogen) atoms. The third kappa shape index (κ3) is 8.32. The first kappa shape index (κ1) is 22.1. The number of hydrogen-bond donors (Lipinski definition) is 2. The molecule has 0 aromatic carbocycles. The van der Waals surface area contributed by atoms with Crippen LogP contribution in [0.1, 0.15) is 38.4 Å². The van der Waals surface area contributed by atoms with Gasteiger partial charge < -0.3 is 24.8 Å². The maximum absolute atomic E-state index is 5.62. The molecule has 144 valence electrons. The number of nitrogens with one attached hydrogen (secondary N) is 2. The molecule has 0 bridgehead atoms. The molecule has 0 aliphatic carbocycles. The molecule has 1 saturated heterocycles. The number of aryl methyl sites for hydroxylation is 1. The van der Waals surface area contributed by atoms with Gasteiger partial charge in [0, 0.05) is 39.6 Å². The number of piperidine rings is 1. The fourth-order valence-corrected chi connectivity index (χ4v) is 2.68. The number of nitrogens with zero attached hydrogens (tertiary/aromatic N) is 4.